The van der Waals surface area contributed by atoms with Gasteiger partial charge >= 0.3 is 0 Å². The molecule has 8 aromatic rings. The molecule has 0 spiro atoms. The number of para-hydroxylation sites is 2. The summed E-state index contributed by atoms with van der Waals surface area (Å²) < 4.78 is 0. The normalized spacial score (nSPS) is 11.3. The van der Waals surface area contributed by atoms with Crippen molar-refractivity contribution in [2.75, 3.05) is 9.80 Å². The maximum absolute atomic E-state index is 4.15. The molecule has 0 atom stereocenters. The second-order valence-corrected chi connectivity index (χ2v) is 12.6. The quantitative estimate of drug-likeness (QED) is 0.157. The lowest BCUT2D eigenvalue weighted by atomic mass is 9.91. The first-order valence-electron chi connectivity index (χ1n) is 16.4. The fourth-order valence-corrected chi connectivity index (χ4v) is 6.96. The Balaban J connectivity index is 1.37. The lowest BCUT2D eigenvalue weighted by Crippen LogP contribution is -2.11. The number of hydrogen-bond donors (Lipinski definition) is 0. The molecule has 0 unspecified atom stereocenters. The molecule has 0 saturated carbocycles. The van der Waals surface area contributed by atoms with Gasteiger partial charge in [-0.15, -0.1) is 0 Å². The van der Waals surface area contributed by atoms with Crippen molar-refractivity contribution in [2.24, 2.45) is 0 Å². The van der Waals surface area contributed by atoms with Crippen LogP contribution in [0.5, 0.6) is 0 Å². The largest absolute Gasteiger partial charge is 0.310 e. The lowest BCUT2D eigenvalue weighted by Gasteiger charge is -2.29. The highest BCUT2D eigenvalue weighted by atomic mass is 15.1. The molecule has 8 rings (SSSR count). The Bertz CT molecular complexity index is 2250. The van der Waals surface area contributed by atoms with Gasteiger partial charge in [0.1, 0.15) is 0 Å². The maximum atomic E-state index is 4.15. The van der Waals surface area contributed by atoms with Gasteiger partial charge in [-0.2, -0.15) is 0 Å². The Morgan fingerprint density at radius 2 is 0.708 bits per heavy atom. The first-order valence-corrected chi connectivity index (χ1v) is 16.4. The maximum Gasteiger partial charge on any atom is 0.0540 e. The third kappa shape index (κ3) is 4.99. The van der Waals surface area contributed by atoms with Gasteiger partial charge < -0.3 is 9.80 Å². The Kier molecular flexibility index (Phi) is 7.27. The van der Waals surface area contributed by atoms with Gasteiger partial charge in [0.15, 0.2) is 0 Å². The number of benzene rings is 8. The van der Waals surface area contributed by atoms with Crippen LogP contribution in [0.3, 0.4) is 0 Å². The molecule has 48 heavy (non-hydrogen) atoms. The summed E-state index contributed by atoms with van der Waals surface area (Å²) in [6.07, 6.45) is 0. The average molecular weight is 617 g/mol. The van der Waals surface area contributed by atoms with E-state index in [1.165, 1.54) is 32.3 Å². The van der Waals surface area contributed by atoms with Crippen LogP contribution in [-0.4, -0.2) is 0 Å². The van der Waals surface area contributed by atoms with Crippen LogP contribution in [0.25, 0.3) is 43.5 Å². The SMILES string of the molecule is C=C(C)c1ccc(N(c2ccccc2)c2ccc3ccc4c(N(c5ccccc5)c5ccc(C(=C)C)cc5)ccc5ccc2c3c54)cc1. The summed E-state index contributed by atoms with van der Waals surface area (Å²) in [6, 6.07) is 56.9. The van der Waals surface area contributed by atoms with Gasteiger partial charge in [0.25, 0.3) is 0 Å². The predicted molar refractivity (Wildman–Crippen MR) is 209 cm³/mol. The van der Waals surface area contributed by atoms with Gasteiger partial charge in [0.2, 0.25) is 0 Å². The Morgan fingerprint density at radius 3 is 1.06 bits per heavy atom. The van der Waals surface area contributed by atoms with Crippen LogP contribution >= 0.6 is 0 Å². The van der Waals surface area contributed by atoms with Crippen LogP contribution in [0.15, 0.2) is 171 Å². The lowest BCUT2D eigenvalue weighted by molar-refractivity contribution is 1.29. The minimum absolute atomic E-state index is 1.06. The van der Waals surface area contributed by atoms with Gasteiger partial charge in [0.05, 0.1) is 11.4 Å². The Hall–Kier alpha value is -6.12. The number of hydrogen-bond acceptors (Lipinski definition) is 2. The van der Waals surface area contributed by atoms with Crippen molar-refractivity contribution in [1.29, 1.82) is 0 Å². The third-order valence-corrected chi connectivity index (χ3v) is 9.37. The van der Waals surface area contributed by atoms with Gasteiger partial charge in [-0.05, 0) is 107 Å². The molecule has 230 valence electrons. The number of allylic oxidation sites excluding steroid dienone is 2. The van der Waals surface area contributed by atoms with Crippen molar-refractivity contribution in [1.82, 2.24) is 0 Å². The molecule has 0 heterocycles. The third-order valence-electron chi connectivity index (χ3n) is 9.37. The van der Waals surface area contributed by atoms with E-state index in [0.717, 1.165) is 56.4 Å². The molecule has 0 amide bonds. The van der Waals surface area contributed by atoms with E-state index in [4.69, 9.17) is 0 Å². The van der Waals surface area contributed by atoms with E-state index in [9.17, 15) is 0 Å². The van der Waals surface area contributed by atoms with E-state index in [-0.39, 0.29) is 0 Å². The summed E-state index contributed by atoms with van der Waals surface area (Å²) in [5.74, 6) is 0. The van der Waals surface area contributed by atoms with E-state index in [1.54, 1.807) is 0 Å². The highest BCUT2D eigenvalue weighted by molar-refractivity contribution is 6.28. The zero-order valence-corrected chi connectivity index (χ0v) is 27.3. The number of rotatable bonds is 8. The highest BCUT2D eigenvalue weighted by Gasteiger charge is 2.21. The van der Waals surface area contributed by atoms with E-state index in [0.29, 0.717) is 0 Å². The zero-order chi connectivity index (χ0) is 32.8. The van der Waals surface area contributed by atoms with Crippen LogP contribution in [0, 0.1) is 0 Å². The van der Waals surface area contributed by atoms with Crippen molar-refractivity contribution in [3.63, 3.8) is 0 Å². The molecule has 0 saturated heterocycles. The topological polar surface area (TPSA) is 6.48 Å². The summed E-state index contributed by atoms with van der Waals surface area (Å²) in [4.78, 5) is 4.74. The van der Waals surface area contributed by atoms with Crippen LogP contribution < -0.4 is 9.80 Å². The molecule has 2 heteroatoms. The molecule has 8 aromatic carbocycles. The first kappa shape index (κ1) is 29.3. The van der Waals surface area contributed by atoms with Gasteiger partial charge in [-0.25, -0.2) is 0 Å². The Labute approximate surface area is 282 Å². The van der Waals surface area contributed by atoms with Crippen molar-refractivity contribution >= 4 is 77.6 Å². The second-order valence-electron chi connectivity index (χ2n) is 12.6. The van der Waals surface area contributed by atoms with Crippen LogP contribution in [-0.2, 0) is 0 Å². The van der Waals surface area contributed by atoms with Gasteiger partial charge in [-0.1, -0.05) is 121 Å². The fourth-order valence-electron chi connectivity index (χ4n) is 6.96. The molecular formula is C46H36N2. The smallest absolute Gasteiger partial charge is 0.0540 e. The van der Waals surface area contributed by atoms with Gasteiger partial charge in [0, 0.05) is 33.5 Å². The van der Waals surface area contributed by atoms with E-state index < -0.39 is 0 Å². The molecule has 0 bridgehead atoms. The summed E-state index contributed by atoms with van der Waals surface area (Å²) in [7, 11) is 0. The molecule has 0 aliphatic rings. The summed E-state index contributed by atoms with van der Waals surface area (Å²) in [5.41, 5.74) is 11.1. The molecule has 0 aliphatic carbocycles. The number of nitrogens with zero attached hydrogens (tertiary/aromatic N) is 2. The van der Waals surface area contributed by atoms with Gasteiger partial charge in [-0.3, -0.25) is 0 Å². The first-order chi connectivity index (χ1) is 23.5. The van der Waals surface area contributed by atoms with Crippen LogP contribution in [0.4, 0.5) is 34.1 Å². The van der Waals surface area contributed by atoms with E-state index in [1.807, 2.05) is 0 Å². The van der Waals surface area contributed by atoms with Crippen LogP contribution in [0.2, 0.25) is 0 Å². The Morgan fingerprint density at radius 1 is 0.375 bits per heavy atom. The monoisotopic (exact) mass is 616 g/mol. The van der Waals surface area contributed by atoms with Crippen LogP contribution in [0.1, 0.15) is 25.0 Å². The van der Waals surface area contributed by atoms with E-state index in [2.05, 4.69) is 195 Å². The van der Waals surface area contributed by atoms with E-state index >= 15 is 0 Å². The van der Waals surface area contributed by atoms with Crippen molar-refractivity contribution < 1.29 is 0 Å². The summed E-state index contributed by atoms with van der Waals surface area (Å²) in [6.45, 7) is 12.4. The average Bonchev–Trinajstić information content (AvgIpc) is 3.13. The van der Waals surface area contributed by atoms with Crippen molar-refractivity contribution in [3.8, 4) is 0 Å². The molecule has 0 N–H and O–H groups in total. The molecule has 0 aliphatic heterocycles. The van der Waals surface area contributed by atoms with Crippen molar-refractivity contribution in [2.45, 2.75) is 13.8 Å². The predicted octanol–water partition coefficient (Wildman–Crippen LogP) is 13.6. The molecular weight excluding hydrogens is 581 g/mol. The molecule has 0 fully saturated rings. The number of anilines is 6. The molecule has 0 radical (unpaired) electrons. The molecule has 0 aromatic heterocycles. The summed E-state index contributed by atoms with van der Waals surface area (Å²) >= 11 is 0. The summed E-state index contributed by atoms with van der Waals surface area (Å²) in [5, 5.41) is 7.43. The molecule has 2 nitrogen and oxygen atoms in total. The second kappa shape index (κ2) is 11.9. The van der Waals surface area contributed by atoms with Crippen molar-refractivity contribution in [3.05, 3.63) is 182 Å². The zero-order valence-electron chi connectivity index (χ0n) is 27.3. The highest BCUT2D eigenvalue weighted by Crippen LogP contribution is 2.47. The minimum atomic E-state index is 1.06. The fraction of sp³-hybridized carbons (Fsp3) is 0.0435. The minimum Gasteiger partial charge on any atom is -0.310 e. The standard InChI is InChI=1S/C46H36N2/c1-31(2)33-15-23-39(24-16-33)47(37-11-7-5-8-12-37)43-29-21-35-20-28-42-44(30-22-36-19-27-41(43)45(35)46(36)42)48(38-13-9-6-10-14-38)40-25-17-34(18-26-40)32(3)4/h5-30H,1,3H2,2,4H3.